The highest BCUT2D eigenvalue weighted by Gasteiger charge is 2.40. The molecule has 0 unspecified atom stereocenters. The zero-order valence-corrected chi connectivity index (χ0v) is 17.6. The Bertz CT molecular complexity index is 1020. The van der Waals surface area contributed by atoms with E-state index in [-0.39, 0.29) is 30.3 Å². The third kappa shape index (κ3) is 4.10. The molecule has 2 aromatic rings. The number of benzene rings is 2. The van der Waals surface area contributed by atoms with Crippen LogP contribution in [0.4, 0.5) is 21.5 Å². The smallest absolute Gasteiger partial charge is 0.253 e. The largest absolute Gasteiger partial charge is 0.358 e. The Morgan fingerprint density at radius 1 is 1.10 bits per heavy atom. The maximum absolute atomic E-state index is 13.3. The Morgan fingerprint density at radius 2 is 1.84 bits per heavy atom. The Kier molecular flexibility index (Phi) is 5.63. The lowest BCUT2D eigenvalue weighted by atomic mass is 9.95. The van der Waals surface area contributed by atoms with Crippen LogP contribution in [-0.2, 0) is 9.59 Å². The van der Waals surface area contributed by atoms with Gasteiger partial charge in [0.1, 0.15) is 18.4 Å². The summed E-state index contributed by atoms with van der Waals surface area (Å²) in [7, 11) is 3.34. The maximum atomic E-state index is 13.3. The highest BCUT2D eigenvalue weighted by atomic mass is 19.1. The average Bonchev–Trinajstić information content (AvgIpc) is 2.77. The Labute approximate surface area is 180 Å². The SMILES string of the molecule is CN(C)C(=O)c1ccc2c(c1)N(CC(=O)Nc1ccc(F)cc1)C(=O)[C@H]1CCCCN21. The van der Waals surface area contributed by atoms with E-state index >= 15 is 0 Å². The number of anilines is 3. The van der Waals surface area contributed by atoms with Crippen molar-refractivity contribution in [3.8, 4) is 0 Å². The standard InChI is InChI=1S/C23H25FN4O3/c1-26(2)22(30)15-6-11-18-20(13-15)28(23(31)19-5-3-4-12-27(18)19)14-21(29)25-17-9-7-16(24)8-10-17/h6-11,13,19H,3-5,12,14H2,1-2H3,(H,25,29)/t19-/m1/s1. The number of amides is 3. The minimum Gasteiger partial charge on any atom is -0.358 e. The van der Waals surface area contributed by atoms with Gasteiger partial charge in [0.05, 0.1) is 11.4 Å². The molecule has 0 saturated carbocycles. The van der Waals surface area contributed by atoms with Crippen LogP contribution < -0.4 is 15.1 Å². The lowest BCUT2D eigenvalue weighted by Crippen LogP contribution is -2.56. The predicted molar refractivity (Wildman–Crippen MR) is 117 cm³/mol. The molecule has 0 bridgehead atoms. The first-order valence-electron chi connectivity index (χ1n) is 10.3. The van der Waals surface area contributed by atoms with Gasteiger partial charge in [-0.3, -0.25) is 19.3 Å². The molecular formula is C23H25FN4O3. The molecule has 8 heteroatoms. The van der Waals surface area contributed by atoms with Crippen molar-refractivity contribution in [1.82, 2.24) is 4.90 Å². The van der Waals surface area contributed by atoms with Gasteiger partial charge in [-0.1, -0.05) is 0 Å². The van der Waals surface area contributed by atoms with Gasteiger partial charge < -0.3 is 15.1 Å². The van der Waals surface area contributed by atoms with Crippen LogP contribution in [0.25, 0.3) is 0 Å². The second-order valence-electron chi connectivity index (χ2n) is 8.09. The van der Waals surface area contributed by atoms with E-state index in [1.54, 1.807) is 26.2 Å². The van der Waals surface area contributed by atoms with Gasteiger partial charge in [-0.25, -0.2) is 4.39 Å². The molecule has 0 aliphatic carbocycles. The number of carbonyl (C=O) groups is 3. The van der Waals surface area contributed by atoms with Crippen molar-refractivity contribution in [3.05, 3.63) is 53.8 Å². The van der Waals surface area contributed by atoms with Crippen LogP contribution in [0.2, 0.25) is 0 Å². The second kappa shape index (κ2) is 8.37. The van der Waals surface area contributed by atoms with Crippen LogP contribution in [0.5, 0.6) is 0 Å². The fourth-order valence-electron chi connectivity index (χ4n) is 4.19. The molecule has 1 saturated heterocycles. The fourth-order valence-corrected chi connectivity index (χ4v) is 4.19. The van der Waals surface area contributed by atoms with E-state index in [0.29, 0.717) is 16.9 Å². The number of nitrogens with one attached hydrogen (secondary N) is 1. The van der Waals surface area contributed by atoms with Crippen molar-refractivity contribution in [2.24, 2.45) is 0 Å². The van der Waals surface area contributed by atoms with Crippen LogP contribution in [0.15, 0.2) is 42.5 Å². The molecule has 0 aromatic heterocycles. The minimum atomic E-state index is -0.395. The third-order valence-corrected chi connectivity index (χ3v) is 5.71. The molecular weight excluding hydrogens is 399 g/mol. The number of carbonyl (C=O) groups excluding carboxylic acids is 3. The number of fused-ring (bicyclic) bond motifs is 3. The first kappa shape index (κ1) is 20.8. The summed E-state index contributed by atoms with van der Waals surface area (Å²) in [6.45, 7) is 0.577. The summed E-state index contributed by atoms with van der Waals surface area (Å²) in [4.78, 5) is 43.6. The maximum Gasteiger partial charge on any atom is 0.253 e. The van der Waals surface area contributed by atoms with E-state index in [9.17, 15) is 18.8 Å². The van der Waals surface area contributed by atoms with Gasteiger partial charge in [-0.05, 0) is 61.7 Å². The summed E-state index contributed by atoms with van der Waals surface area (Å²) in [5.74, 6) is -1.10. The first-order chi connectivity index (χ1) is 14.8. The summed E-state index contributed by atoms with van der Waals surface area (Å²) in [6, 6.07) is 10.5. The van der Waals surface area contributed by atoms with Crippen LogP contribution >= 0.6 is 0 Å². The topological polar surface area (TPSA) is 73.0 Å². The van der Waals surface area contributed by atoms with Crippen molar-refractivity contribution in [1.29, 1.82) is 0 Å². The Hall–Kier alpha value is -3.42. The van der Waals surface area contributed by atoms with Crippen LogP contribution in [0, 0.1) is 5.82 Å². The summed E-state index contributed by atoms with van der Waals surface area (Å²) < 4.78 is 13.1. The predicted octanol–water partition coefficient (Wildman–Crippen LogP) is 2.87. The number of rotatable bonds is 4. The summed E-state index contributed by atoms with van der Waals surface area (Å²) >= 11 is 0. The molecule has 2 heterocycles. The molecule has 0 spiro atoms. The van der Waals surface area contributed by atoms with E-state index in [1.807, 2.05) is 6.07 Å². The van der Waals surface area contributed by atoms with E-state index in [2.05, 4.69) is 10.2 Å². The van der Waals surface area contributed by atoms with Gasteiger partial charge in [-0.2, -0.15) is 0 Å². The zero-order chi connectivity index (χ0) is 22.1. The molecule has 2 aliphatic heterocycles. The molecule has 2 aromatic carbocycles. The molecule has 162 valence electrons. The van der Waals surface area contributed by atoms with Gasteiger partial charge >= 0.3 is 0 Å². The van der Waals surface area contributed by atoms with Crippen LogP contribution in [0.1, 0.15) is 29.6 Å². The molecule has 2 aliphatic rings. The molecule has 3 amide bonds. The van der Waals surface area contributed by atoms with Gasteiger partial charge in [0.15, 0.2) is 0 Å². The molecule has 1 atom stereocenters. The summed E-state index contributed by atoms with van der Waals surface area (Å²) in [6.07, 6.45) is 2.68. The summed E-state index contributed by atoms with van der Waals surface area (Å²) in [5, 5.41) is 2.71. The van der Waals surface area contributed by atoms with Crippen molar-refractivity contribution in [3.63, 3.8) is 0 Å². The molecule has 0 radical (unpaired) electrons. The normalized spacial score (nSPS) is 17.6. The van der Waals surface area contributed by atoms with Gasteiger partial charge in [-0.15, -0.1) is 0 Å². The van der Waals surface area contributed by atoms with E-state index in [1.165, 1.54) is 34.1 Å². The molecule has 31 heavy (non-hydrogen) atoms. The van der Waals surface area contributed by atoms with Gasteiger partial charge in [0.2, 0.25) is 11.8 Å². The number of nitrogens with zero attached hydrogens (tertiary/aromatic N) is 3. The number of hydrogen-bond acceptors (Lipinski definition) is 4. The van der Waals surface area contributed by atoms with Gasteiger partial charge in [0, 0.05) is 31.9 Å². The zero-order valence-electron chi connectivity index (χ0n) is 17.6. The number of halogens is 1. The average molecular weight is 424 g/mol. The molecule has 1 fully saturated rings. The lowest BCUT2D eigenvalue weighted by molar-refractivity contribution is -0.123. The van der Waals surface area contributed by atoms with Crippen LogP contribution in [0.3, 0.4) is 0 Å². The monoisotopic (exact) mass is 424 g/mol. The van der Waals surface area contributed by atoms with Crippen molar-refractivity contribution in [2.45, 2.75) is 25.3 Å². The highest BCUT2D eigenvalue weighted by molar-refractivity contribution is 6.11. The Balaban J connectivity index is 1.66. The first-order valence-corrected chi connectivity index (χ1v) is 10.3. The van der Waals surface area contributed by atoms with E-state index < -0.39 is 5.82 Å². The summed E-state index contributed by atoms with van der Waals surface area (Å²) in [5.41, 5.74) is 2.32. The van der Waals surface area contributed by atoms with Crippen molar-refractivity contribution in [2.75, 3.05) is 42.3 Å². The number of piperidine rings is 1. The van der Waals surface area contributed by atoms with E-state index in [0.717, 1.165) is 31.5 Å². The molecule has 1 N–H and O–H groups in total. The molecule has 4 rings (SSSR count). The molecule has 7 nitrogen and oxygen atoms in total. The minimum absolute atomic E-state index is 0.143. The highest BCUT2D eigenvalue weighted by Crippen LogP contribution is 2.40. The number of hydrogen-bond donors (Lipinski definition) is 1. The quantitative estimate of drug-likeness (QED) is 0.819. The Morgan fingerprint density at radius 3 is 2.55 bits per heavy atom. The third-order valence-electron chi connectivity index (χ3n) is 5.71. The van der Waals surface area contributed by atoms with Crippen molar-refractivity contribution < 1.29 is 18.8 Å². The second-order valence-corrected chi connectivity index (χ2v) is 8.09. The van der Waals surface area contributed by atoms with Crippen LogP contribution in [-0.4, -0.2) is 55.8 Å². The van der Waals surface area contributed by atoms with E-state index in [4.69, 9.17) is 0 Å². The lowest BCUT2D eigenvalue weighted by Gasteiger charge is -2.45. The van der Waals surface area contributed by atoms with Crippen molar-refractivity contribution >= 4 is 34.8 Å². The fraction of sp³-hybridized carbons (Fsp3) is 0.348. The van der Waals surface area contributed by atoms with Gasteiger partial charge in [0.25, 0.3) is 5.91 Å².